The summed E-state index contributed by atoms with van der Waals surface area (Å²) >= 11 is 0. The predicted molar refractivity (Wildman–Crippen MR) is 117 cm³/mol. The lowest BCUT2D eigenvalue weighted by atomic mass is 10.0. The van der Waals surface area contributed by atoms with Crippen LogP contribution in [0.5, 0.6) is 0 Å². The van der Waals surface area contributed by atoms with Gasteiger partial charge >= 0.3 is 5.91 Å². The quantitative estimate of drug-likeness (QED) is 0.224. The van der Waals surface area contributed by atoms with Crippen molar-refractivity contribution in [1.29, 1.82) is 0 Å². The van der Waals surface area contributed by atoms with Crippen LogP contribution < -0.4 is 16.0 Å². The van der Waals surface area contributed by atoms with Crippen LogP contribution >= 0.6 is 0 Å². The van der Waals surface area contributed by atoms with E-state index < -0.39 is 28.4 Å². The van der Waals surface area contributed by atoms with Gasteiger partial charge in [-0.05, 0) is 38.7 Å². The number of hydrogen-bond acceptors (Lipinski definition) is 8. The lowest BCUT2D eigenvalue weighted by Crippen LogP contribution is -2.60. The number of hydrogen-bond donors (Lipinski definition) is 3. The van der Waals surface area contributed by atoms with Crippen molar-refractivity contribution in [3.8, 4) is 0 Å². The molecule has 4 rings (SSSR count). The number of benzene rings is 1. The van der Waals surface area contributed by atoms with E-state index in [1.54, 1.807) is 12.1 Å². The number of imide groups is 1. The molecule has 10 heteroatoms. The summed E-state index contributed by atoms with van der Waals surface area (Å²) in [6.07, 6.45) is 1.23. The summed E-state index contributed by atoms with van der Waals surface area (Å²) in [4.78, 5) is 39.2. The average molecular weight is 446 g/mol. The summed E-state index contributed by atoms with van der Waals surface area (Å²) in [5, 5.41) is 22.3. The van der Waals surface area contributed by atoms with E-state index in [1.807, 2.05) is 13.1 Å². The molecule has 3 aliphatic heterocycles. The summed E-state index contributed by atoms with van der Waals surface area (Å²) in [6.45, 7) is 4.84. The molecule has 2 unspecified atom stereocenters. The number of nitrogens with zero attached hydrogens (tertiary/aromatic N) is 2. The number of carbonyl (C=O) groups is 3. The molecule has 1 aromatic rings. The minimum absolute atomic E-state index is 0.00734. The molecule has 0 aliphatic carbocycles. The predicted octanol–water partition coefficient (Wildman–Crippen LogP) is 0.182. The van der Waals surface area contributed by atoms with E-state index in [1.165, 1.54) is 0 Å². The molecule has 10 nitrogen and oxygen atoms in total. The van der Waals surface area contributed by atoms with Crippen LogP contribution in [0.25, 0.3) is 0 Å². The second-order valence-corrected chi connectivity index (χ2v) is 8.69. The highest BCUT2D eigenvalue weighted by Crippen LogP contribution is 2.37. The van der Waals surface area contributed by atoms with Gasteiger partial charge in [0.15, 0.2) is 6.04 Å². The van der Waals surface area contributed by atoms with E-state index in [2.05, 4.69) is 20.9 Å². The first-order chi connectivity index (χ1) is 15.4. The van der Waals surface area contributed by atoms with Gasteiger partial charge in [-0.1, -0.05) is 6.07 Å². The van der Waals surface area contributed by atoms with Crippen LogP contribution in [0.4, 0.5) is 5.69 Å². The molecule has 2 fully saturated rings. The highest BCUT2D eigenvalue weighted by atomic mass is 16.6. The zero-order valence-electron chi connectivity index (χ0n) is 18.4. The van der Waals surface area contributed by atoms with Crippen LogP contribution in [-0.2, 0) is 20.9 Å². The normalized spacial score (nSPS) is 28.5. The number of ether oxygens (including phenoxy) is 1. The molecule has 174 valence electrons. The maximum absolute atomic E-state index is 13.5. The van der Waals surface area contributed by atoms with Crippen molar-refractivity contribution in [2.45, 2.75) is 38.0 Å². The summed E-state index contributed by atoms with van der Waals surface area (Å²) in [7, 11) is 1.95. The Kier molecular flexibility index (Phi) is 6.87. The van der Waals surface area contributed by atoms with E-state index in [9.17, 15) is 19.6 Å². The number of morpholine rings is 1. The Morgan fingerprint density at radius 3 is 2.94 bits per heavy atom. The lowest BCUT2D eigenvalue weighted by molar-refractivity contribution is -0.825. The van der Waals surface area contributed by atoms with E-state index in [0.29, 0.717) is 24.3 Å². The van der Waals surface area contributed by atoms with Crippen LogP contribution in [0.1, 0.15) is 35.2 Å². The highest BCUT2D eigenvalue weighted by molar-refractivity contribution is 6.02. The van der Waals surface area contributed by atoms with Crippen molar-refractivity contribution in [2.75, 3.05) is 51.7 Å². The van der Waals surface area contributed by atoms with Gasteiger partial charge in [0.25, 0.3) is 5.91 Å². The van der Waals surface area contributed by atoms with E-state index in [4.69, 9.17) is 4.74 Å². The smallest absolute Gasteiger partial charge is 0.347 e. The Bertz CT molecular complexity index is 893. The number of hydroxylamine groups is 3. The Labute approximate surface area is 187 Å². The van der Waals surface area contributed by atoms with E-state index >= 15 is 0 Å². The topological polar surface area (TPSA) is 123 Å². The second-order valence-electron chi connectivity index (χ2n) is 8.69. The molecule has 32 heavy (non-hydrogen) atoms. The zero-order valence-corrected chi connectivity index (χ0v) is 18.4. The van der Waals surface area contributed by atoms with Gasteiger partial charge in [0.2, 0.25) is 5.91 Å². The molecule has 0 bridgehead atoms. The lowest BCUT2D eigenvalue weighted by Gasteiger charge is -2.42. The van der Waals surface area contributed by atoms with Crippen LogP contribution in [-0.4, -0.2) is 85.8 Å². The molecular weight excluding hydrogens is 414 g/mol. The number of rotatable bonds is 8. The fraction of sp³-hybridized carbons (Fsp3) is 0.591. The minimum Gasteiger partial charge on any atom is -0.624 e. The van der Waals surface area contributed by atoms with Crippen molar-refractivity contribution in [3.05, 3.63) is 34.5 Å². The number of carbonyl (C=O) groups excluding carboxylic acids is 3. The molecule has 0 aromatic heterocycles. The third-order valence-corrected chi connectivity index (χ3v) is 6.50. The van der Waals surface area contributed by atoms with Crippen molar-refractivity contribution < 1.29 is 23.8 Å². The summed E-state index contributed by atoms with van der Waals surface area (Å²) in [5.41, 5.74) is 1.68. The van der Waals surface area contributed by atoms with Gasteiger partial charge in [0.1, 0.15) is 6.54 Å². The zero-order chi connectivity index (χ0) is 22.7. The number of fused-ring (bicyclic) bond motifs is 1. The van der Waals surface area contributed by atoms with Gasteiger partial charge in [-0.3, -0.25) is 24.5 Å². The van der Waals surface area contributed by atoms with Crippen molar-refractivity contribution in [2.24, 2.45) is 0 Å². The average Bonchev–Trinajstić information content (AvgIpc) is 3.04. The standard InChI is InChI=1S/C22H31N5O5/c1-23-8-3-9-26-10-11-32-15(13-26)12-24-18-5-2-4-16-17(18)14-27(31,22(16)30)19-6-7-20(28)25-21(19)29/h2,4-5,15,19,23-24H,3,6-14H2,1H3,(H,25,28,29)/t15-,19?,27?/m0/s1. The summed E-state index contributed by atoms with van der Waals surface area (Å²) < 4.78 is 4.63. The highest BCUT2D eigenvalue weighted by Gasteiger charge is 2.50. The maximum Gasteiger partial charge on any atom is 0.347 e. The molecule has 1 aromatic carbocycles. The van der Waals surface area contributed by atoms with Crippen LogP contribution in [0, 0.1) is 5.21 Å². The Balaban J connectivity index is 1.42. The monoisotopic (exact) mass is 445 g/mol. The molecule has 3 heterocycles. The number of piperidine rings is 1. The summed E-state index contributed by atoms with van der Waals surface area (Å²) in [5.74, 6) is -1.69. The molecule has 3 atom stereocenters. The van der Waals surface area contributed by atoms with Crippen LogP contribution in [0.2, 0.25) is 0 Å². The Morgan fingerprint density at radius 1 is 1.31 bits per heavy atom. The first-order valence-corrected chi connectivity index (χ1v) is 11.2. The number of anilines is 1. The van der Waals surface area contributed by atoms with Gasteiger partial charge in [-0.15, -0.1) is 0 Å². The molecule has 2 saturated heterocycles. The molecule has 3 N–H and O–H groups in total. The molecule has 3 amide bonds. The third-order valence-electron chi connectivity index (χ3n) is 6.50. The fourth-order valence-corrected chi connectivity index (χ4v) is 4.78. The number of quaternary nitrogens is 1. The summed E-state index contributed by atoms with van der Waals surface area (Å²) in [6, 6.07) is 4.12. The van der Waals surface area contributed by atoms with Gasteiger partial charge in [0, 0.05) is 43.7 Å². The molecular formula is C22H31N5O5. The number of amides is 3. The molecule has 0 radical (unpaired) electrons. The van der Waals surface area contributed by atoms with E-state index in [0.717, 1.165) is 38.3 Å². The SMILES string of the molecule is CNCCCN1CCO[C@@H](CNc2cccc3c2C[N+]([O-])(C2CCC(=O)NC2=O)C3=O)C1. The largest absolute Gasteiger partial charge is 0.624 e. The third kappa shape index (κ3) is 4.55. The van der Waals surface area contributed by atoms with Gasteiger partial charge in [-0.25, -0.2) is 4.79 Å². The van der Waals surface area contributed by atoms with Gasteiger partial charge in [-0.2, -0.15) is 0 Å². The molecule has 0 saturated carbocycles. The molecule has 3 aliphatic rings. The van der Waals surface area contributed by atoms with Crippen molar-refractivity contribution in [1.82, 2.24) is 15.5 Å². The first kappa shape index (κ1) is 22.8. The van der Waals surface area contributed by atoms with Crippen LogP contribution in [0.3, 0.4) is 0 Å². The second kappa shape index (κ2) is 9.63. The minimum atomic E-state index is -1.27. The van der Waals surface area contributed by atoms with Gasteiger partial charge < -0.3 is 20.6 Å². The fourth-order valence-electron chi connectivity index (χ4n) is 4.78. The maximum atomic E-state index is 13.5. The Morgan fingerprint density at radius 2 is 2.16 bits per heavy atom. The van der Waals surface area contributed by atoms with Gasteiger partial charge in [0.05, 0.1) is 18.3 Å². The van der Waals surface area contributed by atoms with Crippen LogP contribution in [0.15, 0.2) is 18.2 Å². The Hall–Kier alpha value is -2.37. The van der Waals surface area contributed by atoms with Crippen molar-refractivity contribution >= 4 is 23.4 Å². The van der Waals surface area contributed by atoms with E-state index in [-0.39, 0.29) is 25.5 Å². The number of nitrogens with one attached hydrogen (secondary N) is 3. The molecule has 0 spiro atoms. The van der Waals surface area contributed by atoms with Crippen molar-refractivity contribution in [3.63, 3.8) is 0 Å². The first-order valence-electron chi connectivity index (χ1n) is 11.2.